The lowest BCUT2D eigenvalue weighted by Crippen LogP contribution is -2.42. The third kappa shape index (κ3) is 1.80. The normalized spacial score (nSPS) is 20.4. The highest BCUT2D eigenvalue weighted by Crippen LogP contribution is 2.46. The van der Waals surface area contributed by atoms with Crippen molar-refractivity contribution in [3.63, 3.8) is 0 Å². The van der Waals surface area contributed by atoms with Crippen LogP contribution in [0.4, 0.5) is 0 Å². The van der Waals surface area contributed by atoms with Crippen LogP contribution < -0.4 is 0 Å². The van der Waals surface area contributed by atoms with Crippen molar-refractivity contribution < 1.29 is 4.79 Å². The molecule has 1 aliphatic carbocycles. The van der Waals surface area contributed by atoms with Crippen LogP contribution in [0, 0.1) is 0 Å². The third-order valence-corrected chi connectivity index (χ3v) is 4.83. The van der Waals surface area contributed by atoms with Crippen LogP contribution in [0.5, 0.6) is 0 Å². The standard InChI is InChI=1S/C17H14INO/c1-12-8-10-17(11-9-12)14(13-6-4-3-5-7-13)15(18)16(20)19(17)2/h3-11H,1H2,2H3. The fourth-order valence-corrected chi connectivity index (χ4v) is 3.80. The molecule has 100 valence electrons. The van der Waals surface area contributed by atoms with Gasteiger partial charge in [-0.25, -0.2) is 0 Å². The average molecular weight is 375 g/mol. The first kappa shape index (κ1) is 13.4. The molecule has 1 aliphatic heterocycles. The van der Waals surface area contributed by atoms with E-state index < -0.39 is 5.54 Å². The van der Waals surface area contributed by atoms with Crippen molar-refractivity contribution in [1.29, 1.82) is 0 Å². The molecule has 0 radical (unpaired) electrons. The number of halogens is 1. The Labute approximate surface area is 132 Å². The molecule has 0 bridgehead atoms. The maximum Gasteiger partial charge on any atom is 0.261 e. The molecule has 3 rings (SSSR count). The first-order chi connectivity index (χ1) is 9.56. The largest absolute Gasteiger partial charge is 0.324 e. The molecule has 0 aromatic heterocycles. The Balaban J connectivity index is 2.23. The van der Waals surface area contributed by atoms with Gasteiger partial charge < -0.3 is 4.90 Å². The summed E-state index contributed by atoms with van der Waals surface area (Å²) < 4.78 is 0.776. The molecule has 0 atom stereocenters. The number of hydrogen-bond donors (Lipinski definition) is 0. The highest BCUT2D eigenvalue weighted by Gasteiger charge is 2.46. The molecule has 20 heavy (non-hydrogen) atoms. The minimum atomic E-state index is -0.490. The SMILES string of the molecule is C=C1C=CC2(C=C1)C(c1ccccc1)=C(I)C(=O)N2C. The van der Waals surface area contributed by atoms with E-state index in [-0.39, 0.29) is 5.91 Å². The highest BCUT2D eigenvalue weighted by molar-refractivity contribution is 14.1. The van der Waals surface area contributed by atoms with E-state index in [0.717, 1.165) is 20.3 Å². The number of hydrogen-bond acceptors (Lipinski definition) is 1. The predicted octanol–water partition coefficient (Wildman–Crippen LogP) is 3.73. The van der Waals surface area contributed by atoms with E-state index in [9.17, 15) is 4.79 Å². The zero-order chi connectivity index (χ0) is 14.3. The van der Waals surface area contributed by atoms with Crippen molar-refractivity contribution in [3.05, 3.63) is 75.9 Å². The minimum absolute atomic E-state index is 0.0614. The predicted molar refractivity (Wildman–Crippen MR) is 90.3 cm³/mol. The van der Waals surface area contributed by atoms with Gasteiger partial charge in [-0.05, 0) is 45.9 Å². The van der Waals surface area contributed by atoms with E-state index in [1.165, 1.54) is 0 Å². The van der Waals surface area contributed by atoms with E-state index in [1.807, 2.05) is 49.5 Å². The summed E-state index contributed by atoms with van der Waals surface area (Å²) in [5.41, 5.74) is 2.59. The molecule has 1 amide bonds. The molecule has 1 aromatic rings. The van der Waals surface area contributed by atoms with Gasteiger partial charge in [0, 0.05) is 12.6 Å². The Morgan fingerprint density at radius 2 is 1.75 bits per heavy atom. The van der Waals surface area contributed by atoms with Gasteiger partial charge in [-0.15, -0.1) is 0 Å². The van der Waals surface area contributed by atoms with Gasteiger partial charge in [-0.3, -0.25) is 4.79 Å². The van der Waals surface area contributed by atoms with Gasteiger partial charge in [0.05, 0.1) is 3.58 Å². The lowest BCUT2D eigenvalue weighted by molar-refractivity contribution is -0.125. The number of amides is 1. The highest BCUT2D eigenvalue weighted by atomic mass is 127. The summed E-state index contributed by atoms with van der Waals surface area (Å²) in [5.74, 6) is 0.0614. The van der Waals surface area contributed by atoms with Gasteiger partial charge in [-0.1, -0.05) is 49.1 Å². The molecule has 1 aromatic carbocycles. The average Bonchev–Trinajstić information content (AvgIpc) is 2.65. The fourth-order valence-electron chi connectivity index (χ4n) is 2.70. The molecule has 1 heterocycles. The van der Waals surface area contributed by atoms with E-state index in [0.29, 0.717) is 0 Å². The van der Waals surface area contributed by atoms with Crippen molar-refractivity contribution in [2.75, 3.05) is 7.05 Å². The number of carbonyl (C=O) groups excluding carboxylic acids is 1. The molecule has 0 saturated heterocycles. The summed E-state index contributed by atoms with van der Waals surface area (Å²) >= 11 is 2.15. The van der Waals surface area contributed by atoms with Gasteiger partial charge >= 0.3 is 0 Å². The van der Waals surface area contributed by atoms with Crippen LogP contribution in [0.2, 0.25) is 0 Å². The van der Waals surface area contributed by atoms with Gasteiger partial charge in [-0.2, -0.15) is 0 Å². The number of likely N-dealkylation sites (N-methyl/N-ethyl adjacent to an activating group) is 1. The van der Waals surface area contributed by atoms with E-state index in [2.05, 4.69) is 41.3 Å². The van der Waals surface area contributed by atoms with Gasteiger partial charge in [0.2, 0.25) is 0 Å². The zero-order valence-electron chi connectivity index (χ0n) is 11.1. The Bertz CT molecular complexity index is 666. The van der Waals surface area contributed by atoms with Crippen LogP contribution in [0.25, 0.3) is 5.57 Å². The number of rotatable bonds is 1. The molecule has 2 aliphatic rings. The third-order valence-electron chi connectivity index (χ3n) is 3.83. The topological polar surface area (TPSA) is 20.3 Å². The van der Waals surface area contributed by atoms with E-state index >= 15 is 0 Å². The monoisotopic (exact) mass is 375 g/mol. The molecule has 0 N–H and O–H groups in total. The Morgan fingerprint density at radius 1 is 1.15 bits per heavy atom. The molecule has 0 unspecified atom stereocenters. The lowest BCUT2D eigenvalue weighted by Gasteiger charge is -2.35. The summed E-state index contributed by atoms with van der Waals surface area (Å²) in [7, 11) is 1.85. The minimum Gasteiger partial charge on any atom is -0.324 e. The maximum absolute atomic E-state index is 12.4. The van der Waals surface area contributed by atoms with Crippen LogP contribution in [-0.4, -0.2) is 23.4 Å². The fraction of sp³-hybridized carbons (Fsp3) is 0.118. The quantitative estimate of drug-likeness (QED) is 0.686. The van der Waals surface area contributed by atoms with Gasteiger partial charge in [0.25, 0.3) is 5.91 Å². The van der Waals surface area contributed by atoms with Gasteiger partial charge in [0.15, 0.2) is 0 Å². The molecule has 0 saturated carbocycles. The Kier molecular flexibility index (Phi) is 3.17. The Morgan fingerprint density at radius 3 is 2.35 bits per heavy atom. The van der Waals surface area contributed by atoms with Crippen molar-refractivity contribution in [2.45, 2.75) is 5.54 Å². The number of carbonyl (C=O) groups is 1. The smallest absolute Gasteiger partial charge is 0.261 e. The lowest BCUT2D eigenvalue weighted by atomic mass is 9.82. The Hall–Kier alpha value is -1.62. The molecule has 2 nitrogen and oxygen atoms in total. The summed E-state index contributed by atoms with van der Waals surface area (Å²) in [6.45, 7) is 3.93. The van der Waals surface area contributed by atoms with Crippen LogP contribution in [-0.2, 0) is 4.79 Å². The van der Waals surface area contributed by atoms with Crippen LogP contribution in [0.15, 0.2) is 70.4 Å². The second kappa shape index (κ2) is 4.74. The van der Waals surface area contributed by atoms with Crippen LogP contribution >= 0.6 is 22.6 Å². The van der Waals surface area contributed by atoms with Crippen molar-refractivity contribution >= 4 is 34.1 Å². The van der Waals surface area contributed by atoms with Crippen LogP contribution in [0.3, 0.4) is 0 Å². The number of allylic oxidation sites excluding steroid dienone is 3. The van der Waals surface area contributed by atoms with E-state index in [1.54, 1.807) is 4.90 Å². The summed E-state index contributed by atoms with van der Waals surface area (Å²) in [6, 6.07) is 10.1. The maximum atomic E-state index is 12.4. The second-order valence-electron chi connectivity index (χ2n) is 4.99. The van der Waals surface area contributed by atoms with Crippen molar-refractivity contribution in [1.82, 2.24) is 4.90 Å². The van der Waals surface area contributed by atoms with Crippen molar-refractivity contribution in [2.24, 2.45) is 0 Å². The molecule has 1 spiro atoms. The molecule has 3 heteroatoms. The number of benzene rings is 1. The zero-order valence-corrected chi connectivity index (χ0v) is 13.3. The second-order valence-corrected chi connectivity index (χ2v) is 6.06. The van der Waals surface area contributed by atoms with Crippen molar-refractivity contribution in [3.8, 4) is 0 Å². The number of nitrogens with zero attached hydrogens (tertiary/aromatic N) is 1. The first-order valence-electron chi connectivity index (χ1n) is 6.37. The summed E-state index contributed by atoms with van der Waals surface area (Å²) in [4.78, 5) is 14.2. The summed E-state index contributed by atoms with van der Waals surface area (Å²) in [6.07, 6.45) is 8.06. The first-order valence-corrected chi connectivity index (χ1v) is 7.45. The van der Waals surface area contributed by atoms with Gasteiger partial charge in [0.1, 0.15) is 5.54 Å². The molecular weight excluding hydrogens is 361 g/mol. The summed E-state index contributed by atoms with van der Waals surface area (Å²) in [5, 5.41) is 0. The van der Waals surface area contributed by atoms with E-state index in [4.69, 9.17) is 0 Å². The molecule has 0 fully saturated rings. The van der Waals surface area contributed by atoms with Crippen LogP contribution in [0.1, 0.15) is 5.56 Å². The molecular formula is C17H14INO.